The zero-order valence-corrected chi connectivity index (χ0v) is 11.5. The number of nitroso groups, excluding NO2 is 1. The molecule has 0 aliphatic rings. The van der Waals surface area contributed by atoms with Crippen molar-refractivity contribution in [2.75, 3.05) is 7.11 Å². The van der Waals surface area contributed by atoms with Crippen LogP contribution >= 0.6 is 0 Å². The number of benzene rings is 1. The Balaban J connectivity index is 2.33. The molecule has 108 valence electrons. The lowest BCUT2D eigenvalue weighted by Gasteiger charge is -2.01. The molecule has 0 bridgehead atoms. The van der Waals surface area contributed by atoms with E-state index in [1.54, 1.807) is 36.5 Å². The molecule has 0 spiro atoms. The Hall–Kier alpha value is -3.22. The highest BCUT2D eigenvalue weighted by molar-refractivity contribution is 6.02. The van der Waals surface area contributed by atoms with Crippen LogP contribution in [0.4, 0.5) is 5.69 Å². The van der Waals surface area contributed by atoms with Gasteiger partial charge in [-0.3, -0.25) is 9.20 Å². The van der Waals surface area contributed by atoms with Crippen molar-refractivity contribution in [2.45, 2.75) is 0 Å². The van der Waals surface area contributed by atoms with Crippen LogP contribution in [-0.4, -0.2) is 21.5 Å². The van der Waals surface area contributed by atoms with Gasteiger partial charge in [0.15, 0.2) is 5.69 Å². The Labute approximate surface area is 123 Å². The van der Waals surface area contributed by atoms with Crippen LogP contribution in [0.25, 0.3) is 27.6 Å². The van der Waals surface area contributed by atoms with Crippen LogP contribution in [0.2, 0.25) is 0 Å². The fourth-order valence-electron chi connectivity index (χ4n) is 2.71. The van der Waals surface area contributed by atoms with Gasteiger partial charge in [0, 0.05) is 11.6 Å². The largest absolute Gasteiger partial charge is 0.497 e. The Morgan fingerprint density at radius 2 is 2.14 bits per heavy atom. The van der Waals surface area contributed by atoms with Crippen molar-refractivity contribution in [3.63, 3.8) is 0 Å². The maximum Gasteiger partial charge on any atom is 0.267 e. The number of rotatable bonds is 2. The van der Waals surface area contributed by atoms with Crippen LogP contribution in [0.5, 0.6) is 5.75 Å². The predicted octanol–water partition coefficient (Wildman–Crippen LogP) is 2.74. The smallest absolute Gasteiger partial charge is 0.267 e. The summed E-state index contributed by atoms with van der Waals surface area (Å²) in [6.07, 6.45) is 1.58. The van der Waals surface area contributed by atoms with Gasteiger partial charge in [-0.25, -0.2) is 4.98 Å². The Kier molecular flexibility index (Phi) is 2.50. The number of methoxy groups -OCH3 is 1. The van der Waals surface area contributed by atoms with Gasteiger partial charge in [-0.1, -0.05) is 0 Å². The number of pyridine rings is 1. The summed E-state index contributed by atoms with van der Waals surface area (Å²) in [5.41, 5.74) is 1.26. The average molecular weight is 294 g/mol. The number of nitrogens with zero attached hydrogens (tertiary/aromatic N) is 3. The second kappa shape index (κ2) is 4.39. The van der Waals surface area contributed by atoms with Crippen LogP contribution in [-0.2, 0) is 0 Å². The van der Waals surface area contributed by atoms with E-state index < -0.39 is 0 Å². The number of ether oxygens (including phenoxy) is 1. The van der Waals surface area contributed by atoms with Crippen molar-refractivity contribution < 1.29 is 4.74 Å². The molecular weight excluding hydrogens is 284 g/mol. The van der Waals surface area contributed by atoms with Gasteiger partial charge in [0.1, 0.15) is 17.0 Å². The van der Waals surface area contributed by atoms with Gasteiger partial charge >= 0.3 is 0 Å². The van der Waals surface area contributed by atoms with Gasteiger partial charge < -0.3 is 9.72 Å². The summed E-state index contributed by atoms with van der Waals surface area (Å²) in [5, 5.41) is 4.08. The number of fused-ring (bicyclic) bond motifs is 4. The van der Waals surface area contributed by atoms with E-state index >= 15 is 0 Å². The third-order valence-electron chi connectivity index (χ3n) is 3.72. The molecule has 0 amide bonds. The quantitative estimate of drug-likeness (QED) is 0.576. The van der Waals surface area contributed by atoms with Gasteiger partial charge in [-0.15, -0.1) is 4.91 Å². The fraction of sp³-hybridized carbons (Fsp3) is 0.0667. The third kappa shape index (κ3) is 1.50. The minimum atomic E-state index is -0.248. The lowest BCUT2D eigenvalue weighted by atomic mass is 10.2. The topological polar surface area (TPSA) is 88.8 Å². The lowest BCUT2D eigenvalue weighted by molar-refractivity contribution is 0.415. The average Bonchev–Trinajstić information content (AvgIpc) is 2.87. The van der Waals surface area contributed by atoms with Crippen LogP contribution in [0.15, 0.2) is 46.5 Å². The van der Waals surface area contributed by atoms with Gasteiger partial charge in [0.05, 0.1) is 18.0 Å². The summed E-state index contributed by atoms with van der Waals surface area (Å²) in [6.45, 7) is 0. The number of nitrogens with one attached hydrogen (secondary N) is 1. The molecule has 4 aromatic rings. The molecule has 0 fully saturated rings. The molecule has 0 radical (unpaired) electrons. The van der Waals surface area contributed by atoms with Gasteiger partial charge in [0.25, 0.3) is 5.56 Å². The Morgan fingerprint density at radius 1 is 1.27 bits per heavy atom. The first-order valence-corrected chi connectivity index (χ1v) is 6.57. The molecule has 0 atom stereocenters. The number of hydrogen-bond acceptors (Lipinski definition) is 5. The highest BCUT2D eigenvalue weighted by Crippen LogP contribution is 2.34. The molecule has 0 aliphatic heterocycles. The Bertz CT molecular complexity index is 1110. The molecule has 22 heavy (non-hydrogen) atoms. The molecule has 7 heteroatoms. The maximum absolute atomic E-state index is 12.7. The predicted molar refractivity (Wildman–Crippen MR) is 82.8 cm³/mol. The van der Waals surface area contributed by atoms with E-state index in [4.69, 9.17) is 4.74 Å². The van der Waals surface area contributed by atoms with Crippen molar-refractivity contribution in [3.8, 4) is 5.75 Å². The van der Waals surface area contributed by atoms with Crippen LogP contribution in [0.1, 0.15) is 0 Å². The van der Waals surface area contributed by atoms with E-state index in [-0.39, 0.29) is 11.2 Å². The van der Waals surface area contributed by atoms with Gasteiger partial charge in [-0.2, -0.15) is 0 Å². The normalized spacial score (nSPS) is 11.3. The SMILES string of the molecule is COc1ccc2c(c1)c(N=O)c1[nH]c3ncccc3c(=O)n12. The summed E-state index contributed by atoms with van der Waals surface area (Å²) in [5.74, 6) is 0.587. The molecule has 0 aliphatic carbocycles. The molecule has 3 heterocycles. The van der Waals surface area contributed by atoms with Crippen LogP contribution in [0, 0.1) is 4.91 Å². The summed E-state index contributed by atoms with van der Waals surface area (Å²) >= 11 is 0. The minimum absolute atomic E-state index is 0.165. The summed E-state index contributed by atoms with van der Waals surface area (Å²) in [6, 6.07) is 8.52. The Morgan fingerprint density at radius 3 is 2.91 bits per heavy atom. The first-order chi connectivity index (χ1) is 10.7. The first-order valence-electron chi connectivity index (χ1n) is 6.57. The monoisotopic (exact) mass is 294 g/mol. The summed E-state index contributed by atoms with van der Waals surface area (Å²) in [4.78, 5) is 31.2. The fourth-order valence-corrected chi connectivity index (χ4v) is 2.71. The molecule has 1 N–H and O–H groups in total. The number of hydrogen-bond donors (Lipinski definition) is 1. The minimum Gasteiger partial charge on any atom is -0.497 e. The standard InChI is InChI=1S/C15H10N4O3/c1-22-8-4-5-11-10(7-8)12(18-21)14-17-13-9(3-2-6-16-13)15(20)19(11)14/h2-7H,1H3,(H,16,17). The maximum atomic E-state index is 12.7. The zero-order chi connectivity index (χ0) is 15.3. The van der Waals surface area contributed by atoms with E-state index in [1.165, 1.54) is 11.5 Å². The van der Waals surface area contributed by atoms with E-state index in [2.05, 4.69) is 15.1 Å². The summed E-state index contributed by atoms with van der Waals surface area (Å²) in [7, 11) is 1.54. The number of H-pyrrole nitrogens is 1. The molecule has 3 aromatic heterocycles. The third-order valence-corrected chi connectivity index (χ3v) is 3.72. The molecule has 0 saturated carbocycles. The van der Waals surface area contributed by atoms with Crippen molar-refractivity contribution in [1.29, 1.82) is 0 Å². The van der Waals surface area contributed by atoms with E-state index in [9.17, 15) is 9.70 Å². The highest BCUT2D eigenvalue weighted by Gasteiger charge is 2.17. The lowest BCUT2D eigenvalue weighted by Crippen LogP contribution is -2.14. The zero-order valence-electron chi connectivity index (χ0n) is 11.5. The van der Waals surface area contributed by atoms with Crippen LogP contribution in [0.3, 0.4) is 0 Å². The molecule has 0 unspecified atom stereocenters. The molecule has 4 rings (SSSR count). The summed E-state index contributed by atoms with van der Waals surface area (Å²) < 4.78 is 6.61. The molecule has 1 aromatic carbocycles. The van der Waals surface area contributed by atoms with Crippen molar-refractivity contribution in [1.82, 2.24) is 14.4 Å². The molecule has 7 nitrogen and oxygen atoms in total. The molecule has 0 saturated heterocycles. The van der Waals surface area contributed by atoms with E-state index in [0.29, 0.717) is 33.3 Å². The van der Waals surface area contributed by atoms with Gasteiger partial charge in [0.2, 0.25) is 0 Å². The molecular formula is C15H10N4O3. The second-order valence-electron chi connectivity index (χ2n) is 4.84. The van der Waals surface area contributed by atoms with Gasteiger partial charge in [-0.05, 0) is 35.5 Å². The van der Waals surface area contributed by atoms with E-state index in [0.717, 1.165) is 0 Å². The van der Waals surface area contributed by atoms with Crippen molar-refractivity contribution in [3.05, 3.63) is 51.8 Å². The van der Waals surface area contributed by atoms with E-state index in [1.807, 2.05) is 0 Å². The van der Waals surface area contributed by atoms with Crippen molar-refractivity contribution >= 4 is 33.3 Å². The number of aromatic amines is 1. The highest BCUT2D eigenvalue weighted by atomic mass is 16.5. The first kappa shape index (κ1) is 12.5. The number of aromatic nitrogens is 3. The van der Waals surface area contributed by atoms with Crippen LogP contribution < -0.4 is 10.3 Å². The van der Waals surface area contributed by atoms with Crippen molar-refractivity contribution in [2.24, 2.45) is 5.18 Å². The second-order valence-corrected chi connectivity index (χ2v) is 4.84.